The molecule has 5 heteroatoms. The zero-order valence-corrected chi connectivity index (χ0v) is 14.6. The lowest BCUT2D eigenvalue weighted by Gasteiger charge is -2.25. The van der Waals surface area contributed by atoms with Crippen molar-refractivity contribution >= 4 is 23.6 Å². The SMILES string of the molecule is Cc1ccccc1SCC(=O)NCC(C)(C(=O)O)c1ccccc1. The number of nitrogens with one attached hydrogen (secondary N) is 1. The molecule has 0 radical (unpaired) electrons. The third-order valence-corrected chi connectivity index (χ3v) is 5.15. The van der Waals surface area contributed by atoms with Crippen molar-refractivity contribution in [3.8, 4) is 0 Å². The molecule has 0 aliphatic heterocycles. The minimum Gasteiger partial charge on any atom is -0.481 e. The van der Waals surface area contributed by atoms with Gasteiger partial charge in [-0.2, -0.15) is 0 Å². The summed E-state index contributed by atoms with van der Waals surface area (Å²) in [5, 5.41) is 12.3. The number of thioether (sulfide) groups is 1. The number of hydrogen-bond donors (Lipinski definition) is 2. The number of benzene rings is 2. The number of carboxylic acid groups (broad SMARTS) is 1. The zero-order chi connectivity index (χ0) is 17.6. The molecule has 0 spiro atoms. The van der Waals surface area contributed by atoms with Gasteiger partial charge in [0.25, 0.3) is 0 Å². The lowest BCUT2D eigenvalue weighted by Crippen LogP contribution is -2.44. The molecule has 0 aliphatic carbocycles. The molecular formula is C19H21NO3S. The van der Waals surface area contributed by atoms with Gasteiger partial charge in [-0.25, -0.2) is 0 Å². The van der Waals surface area contributed by atoms with E-state index in [-0.39, 0.29) is 18.2 Å². The molecule has 2 aromatic carbocycles. The number of hydrogen-bond acceptors (Lipinski definition) is 3. The van der Waals surface area contributed by atoms with Crippen LogP contribution in [0.1, 0.15) is 18.1 Å². The summed E-state index contributed by atoms with van der Waals surface area (Å²) in [6.45, 7) is 3.68. The van der Waals surface area contributed by atoms with Crippen LogP contribution in [-0.4, -0.2) is 29.3 Å². The van der Waals surface area contributed by atoms with Crippen LogP contribution in [-0.2, 0) is 15.0 Å². The second-order valence-electron chi connectivity index (χ2n) is 5.83. The Kier molecular flexibility index (Phi) is 6.04. The van der Waals surface area contributed by atoms with Crippen molar-refractivity contribution in [3.05, 3.63) is 65.7 Å². The van der Waals surface area contributed by atoms with Crippen LogP contribution in [0.25, 0.3) is 0 Å². The molecule has 4 nitrogen and oxygen atoms in total. The van der Waals surface area contributed by atoms with Gasteiger partial charge in [-0.1, -0.05) is 48.5 Å². The molecule has 0 aromatic heterocycles. The number of carboxylic acids is 1. The summed E-state index contributed by atoms with van der Waals surface area (Å²) in [4.78, 5) is 24.9. The lowest BCUT2D eigenvalue weighted by atomic mass is 9.82. The number of amides is 1. The number of carbonyl (C=O) groups excluding carboxylic acids is 1. The highest BCUT2D eigenvalue weighted by atomic mass is 32.2. The average molecular weight is 343 g/mol. The molecule has 1 atom stereocenters. The van der Waals surface area contributed by atoms with Gasteiger partial charge >= 0.3 is 5.97 Å². The van der Waals surface area contributed by atoms with Crippen LogP contribution in [0.2, 0.25) is 0 Å². The highest BCUT2D eigenvalue weighted by Gasteiger charge is 2.35. The van der Waals surface area contributed by atoms with E-state index in [0.29, 0.717) is 5.56 Å². The summed E-state index contributed by atoms with van der Waals surface area (Å²) < 4.78 is 0. The molecule has 1 unspecified atom stereocenters. The number of aliphatic carboxylic acids is 1. The topological polar surface area (TPSA) is 66.4 Å². The van der Waals surface area contributed by atoms with Crippen molar-refractivity contribution in [2.24, 2.45) is 0 Å². The molecule has 0 fully saturated rings. The van der Waals surface area contributed by atoms with Gasteiger partial charge in [-0.15, -0.1) is 11.8 Å². The highest BCUT2D eigenvalue weighted by molar-refractivity contribution is 8.00. The Balaban J connectivity index is 1.96. The van der Waals surface area contributed by atoms with Gasteiger partial charge in [0.15, 0.2) is 0 Å². The fourth-order valence-electron chi connectivity index (χ4n) is 2.30. The van der Waals surface area contributed by atoms with E-state index in [1.165, 1.54) is 11.8 Å². The summed E-state index contributed by atoms with van der Waals surface area (Å²) in [6, 6.07) is 16.8. The number of aryl methyl sites for hydroxylation is 1. The Hall–Kier alpha value is -2.27. The Bertz CT molecular complexity index is 718. The molecule has 2 rings (SSSR count). The fourth-order valence-corrected chi connectivity index (χ4v) is 3.15. The summed E-state index contributed by atoms with van der Waals surface area (Å²) in [5.74, 6) is -0.873. The predicted octanol–water partition coefficient (Wildman–Crippen LogP) is 3.25. The van der Waals surface area contributed by atoms with Gasteiger partial charge in [0.2, 0.25) is 5.91 Å². The predicted molar refractivity (Wildman–Crippen MR) is 96.3 cm³/mol. The monoisotopic (exact) mass is 343 g/mol. The smallest absolute Gasteiger partial charge is 0.315 e. The molecule has 0 heterocycles. The van der Waals surface area contributed by atoms with Crippen LogP contribution in [0.15, 0.2) is 59.5 Å². The molecule has 0 bridgehead atoms. The van der Waals surface area contributed by atoms with Crippen LogP contribution in [0.4, 0.5) is 0 Å². The fraction of sp³-hybridized carbons (Fsp3) is 0.263. The van der Waals surface area contributed by atoms with Crippen LogP contribution in [0, 0.1) is 6.92 Å². The second kappa shape index (κ2) is 8.02. The largest absolute Gasteiger partial charge is 0.481 e. The minimum atomic E-state index is -1.15. The summed E-state index contributed by atoms with van der Waals surface area (Å²) in [6.07, 6.45) is 0. The zero-order valence-electron chi connectivity index (χ0n) is 13.8. The van der Waals surface area contributed by atoms with Gasteiger partial charge in [-0.05, 0) is 31.0 Å². The quantitative estimate of drug-likeness (QED) is 0.758. The normalized spacial score (nSPS) is 13.1. The first-order valence-corrected chi connectivity index (χ1v) is 8.66. The van der Waals surface area contributed by atoms with Crippen molar-refractivity contribution in [2.75, 3.05) is 12.3 Å². The second-order valence-corrected chi connectivity index (χ2v) is 6.85. The Morgan fingerprint density at radius 3 is 2.33 bits per heavy atom. The maximum absolute atomic E-state index is 12.1. The van der Waals surface area contributed by atoms with E-state index in [1.54, 1.807) is 31.2 Å². The van der Waals surface area contributed by atoms with E-state index in [2.05, 4.69) is 5.32 Å². The number of carbonyl (C=O) groups is 2. The summed E-state index contributed by atoms with van der Waals surface area (Å²) >= 11 is 1.45. The molecule has 0 saturated heterocycles. The van der Waals surface area contributed by atoms with Gasteiger partial charge in [0, 0.05) is 11.4 Å². The first kappa shape index (κ1) is 18.1. The van der Waals surface area contributed by atoms with E-state index in [0.717, 1.165) is 10.5 Å². The van der Waals surface area contributed by atoms with E-state index in [9.17, 15) is 14.7 Å². The van der Waals surface area contributed by atoms with E-state index >= 15 is 0 Å². The standard InChI is InChI=1S/C19H21NO3S/c1-14-8-6-7-11-16(14)24-12-17(21)20-13-19(2,18(22)23)15-9-4-3-5-10-15/h3-11H,12-13H2,1-2H3,(H,20,21)(H,22,23). The Morgan fingerprint density at radius 2 is 1.71 bits per heavy atom. The number of rotatable bonds is 7. The van der Waals surface area contributed by atoms with Crippen molar-refractivity contribution in [1.82, 2.24) is 5.32 Å². The van der Waals surface area contributed by atoms with E-state index in [1.807, 2.05) is 37.3 Å². The lowest BCUT2D eigenvalue weighted by molar-refractivity contribution is -0.143. The van der Waals surface area contributed by atoms with Gasteiger partial charge in [0.1, 0.15) is 5.41 Å². The highest BCUT2D eigenvalue weighted by Crippen LogP contribution is 2.24. The molecule has 1 amide bonds. The molecule has 0 saturated carbocycles. The van der Waals surface area contributed by atoms with Crippen molar-refractivity contribution in [2.45, 2.75) is 24.2 Å². The van der Waals surface area contributed by atoms with Crippen LogP contribution in [0.5, 0.6) is 0 Å². The molecule has 2 aromatic rings. The van der Waals surface area contributed by atoms with E-state index < -0.39 is 11.4 Å². The molecule has 2 N–H and O–H groups in total. The maximum Gasteiger partial charge on any atom is 0.315 e. The van der Waals surface area contributed by atoms with Crippen molar-refractivity contribution in [3.63, 3.8) is 0 Å². The first-order chi connectivity index (χ1) is 11.4. The summed E-state index contributed by atoms with van der Waals surface area (Å²) in [5.41, 5.74) is 0.642. The average Bonchev–Trinajstić information content (AvgIpc) is 2.59. The van der Waals surface area contributed by atoms with Crippen LogP contribution < -0.4 is 5.32 Å². The van der Waals surface area contributed by atoms with Gasteiger partial charge < -0.3 is 10.4 Å². The van der Waals surface area contributed by atoms with Gasteiger partial charge in [0.05, 0.1) is 5.75 Å². The maximum atomic E-state index is 12.1. The Labute approximate surface area is 146 Å². The van der Waals surface area contributed by atoms with Crippen molar-refractivity contribution in [1.29, 1.82) is 0 Å². The third-order valence-electron chi connectivity index (χ3n) is 3.97. The first-order valence-electron chi connectivity index (χ1n) is 7.67. The van der Waals surface area contributed by atoms with Crippen LogP contribution >= 0.6 is 11.8 Å². The molecule has 24 heavy (non-hydrogen) atoms. The van der Waals surface area contributed by atoms with E-state index in [4.69, 9.17) is 0 Å². The summed E-state index contributed by atoms with van der Waals surface area (Å²) in [7, 11) is 0. The third kappa shape index (κ3) is 4.38. The Morgan fingerprint density at radius 1 is 1.08 bits per heavy atom. The van der Waals surface area contributed by atoms with Crippen LogP contribution in [0.3, 0.4) is 0 Å². The van der Waals surface area contributed by atoms with Crippen molar-refractivity contribution < 1.29 is 14.7 Å². The molecule has 126 valence electrons. The molecule has 0 aliphatic rings. The van der Waals surface area contributed by atoms with Gasteiger partial charge in [-0.3, -0.25) is 9.59 Å². The minimum absolute atomic E-state index is 0.0551. The molecular weight excluding hydrogens is 322 g/mol.